The van der Waals surface area contributed by atoms with E-state index in [0.29, 0.717) is 0 Å². The first-order valence-corrected chi connectivity index (χ1v) is 15.8. The molecule has 0 N–H and O–H groups in total. The topological polar surface area (TPSA) is 30.9 Å². The molecule has 2 aromatic carbocycles. The Morgan fingerprint density at radius 2 is 1.57 bits per heavy atom. The number of rotatable bonds is 8. The van der Waals surface area contributed by atoms with Crippen LogP contribution < -0.4 is 0 Å². The van der Waals surface area contributed by atoms with Gasteiger partial charge in [-0.1, -0.05) is 87.5 Å². The van der Waals surface area contributed by atoms with Crippen molar-refractivity contribution in [1.82, 2.24) is 4.90 Å². The fourth-order valence-electron chi connectivity index (χ4n) is 5.34. The Balaban J connectivity index is 1.80. The van der Waals surface area contributed by atoms with Crippen LogP contribution in [0.3, 0.4) is 0 Å². The van der Waals surface area contributed by atoms with Crippen molar-refractivity contribution >= 4 is 8.32 Å². The van der Waals surface area contributed by atoms with Gasteiger partial charge in [-0.3, -0.25) is 4.90 Å². The van der Waals surface area contributed by atoms with Crippen molar-refractivity contribution in [1.29, 1.82) is 0 Å². The number of ether oxygens (including phenoxy) is 2. The van der Waals surface area contributed by atoms with Crippen molar-refractivity contribution < 1.29 is 13.9 Å². The first-order valence-electron chi connectivity index (χ1n) is 12.9. The Morgan fingerprint density at radius 1 is 1.03 bits per heavy atom. The minimum absolute atomic E-state index is 0.000237. The molecule has 0 amide bonds. The summed E-state index contributed by atoms with van der Waals surface area (Å²) in [5.41, 5.74) is 2.54. The van der Waals surface area contributed by atoms with Crippen LogP contribution in [0, 0.1) is 0 Å². The van der Waals surface area contributed by atoms with E-state index in [1.807, 2.05) is 19.9 Å². The highest BCUT2D eigenvalue weighted by molar-refractivity contribution is 6.74. The predicted octanol–water partition coefficient (Wildman–Crippen LogP) is 6.95. The van der Waals surface area contributed by atoms with E-state index in [1.165, 1.54) is 11.1 Å². The molecule has 0 aliphatic carbocycles. The second-order valence-electron chi connectivity index (χ2n) is 12.0. The lowest BCUT2D eigenvalue weighted by Gasteiger charge is -2.45. The fourth-order valence-corrected chi connectivity index (χ4v) is 6.68. The summed E-state index contributed by atoms with van der Waals surface area (Å²) in [5.74, 6) is -0.593. The quantitative estimate of drug-likeness (QED) is 0.294. The van der Waals surface area contributed by atoms with Crippen LogP contribution in [0.25, 0.3) is 0 Å². The molecule has 4 rings (SSSR count). The van der Waals surface area contributed by atoms with E-state index in [2.05, 4.69) is 106 Å². The van der Waals surface area contributed by atoms with E-state index < -0.39 is 14.1 Å². The van der Waals surface area contributed by atoms with Crippen molar-refractivity contribution in [3.8, 4) is 0 Å². The Bertz CT molecular complexity index is 946. The fraction of sp³-hybridized carbons (Fsp3) is 0.533. The molecule has 2 aromatic rings. The monoisotopic (exact) mass is 493 g/mol. The maximum Gasteiger partial charge on any atom is 0.192 e. The zero-order chi connectivity index (χ0) is 25.4. The molecule has 35 heavy (non-hydrogen) atoms. The van der Waals surface area contributed by atoms with Crippen LogP contribution in [0.15, 0.2) is 73.3 Å². The normalized spacial score (nSPS) is 25.5. The molecule has 5 heteroatoms. The number of hydrogen-bond acceptors (Lipinski definition) is 4. The molecular weight excluding hydrogens is 450 g/mol. The van der Waals surface area contributed by atoms with Crippen LogP contribution in [0.1, 0.15) is 58.2 Å². The van der Waals surface area contributed by atoms with Crippen molar-refractivity contribution in [2.24, 2.45) is 0 Å². The second kappa shape index (κ2) is 9.95. The molecular formula is C30H43NO3Si. The molecule has 0 aromatic heterocycles. The van der Waals surface area contributed by atoms with Crippen molar-refractivity contribution in [2.45, 2.75) is 95.4 Å². The average Bonchev–Trinajstić information content (AvgIpc) is 3.25. The molecule has 4 nitrogen and oxygen atoms in total. The van der Waals surface area contributed by atoms with Crippen molar-refractivity contribution in [3.05, 3.63) is 84.4 Å². The summed E-state index contributed by atoms with van der Waals surface area (Å²) in [7, 11) is -2.05. The third-order valence-electron chi connectivity index (χ3n) is 7.93. The van der Waals surface area contributed by atoms with Gasteiger partial charge in [0.1, 0.15) is 12.2 Å². The summed E-state index contributed by atoms with van der Waals surface area (Å²) in [6, 6.07) is 21.7. The lowest BCUT2D eigenvalue weighted by molar-refractivity contribution is -0.168. The average molecular weight is 494 g/mol. The van der Waals surface area contributed by atoms with Gasteiger partial charge in [0.15, 0.2) is 14.1 Å². The van der Waals surface area contributed by atoms with Crippen molar-refractivity contribution in [3.63, 3.8) is 0 Å². The van der Waals surface area contributed by atoms with Gasteiger partial charge in [-0.15, -0.1) is 6.58 Å². The maximum absolute atomic E-state index is 7.15. The third kappa shape index (κ3) is 5.49. The first kappa shape index (κ1) is 26.3. The summed E-state index contributed by atoms with van der Waals surface area (Å²) in [4.78, 5) is 2.58. The smallest absolute Gasteiger partial charge is 0.192 e. The van der Waals surface area contributed by atoms with Crippen LogP contribution >= 0.6 is 0 Å². The second-order valence-corrected chi connectivity index (χ2v) is 16.7. The van der Waals surface area contributed by atoms with Crippen LogP contribution in [0.2, 0.25) is 18.1 Å². The van der Waals surface area contributed by atoms with E-state index in [9.17, 15) is 0 Å². The van der Waals surface area contributed by atoms with E-state index in [-0.39, 0.29) is 35.4 Å². The van der Waals surface area contributed by atoms with Crippen LogP contribution in [-0.4, -0.2) is 49.9 Å². The van der Waals surface area contributed by atoms with Gasteiger partial charge in [0.2, 0.25) is 0 Å². The van der Waals surface area contributed by atoms with Gasteiger partial charge < -0.3 is 13.9 Å². The lowest BCUT2D eigenvalue weighted by Crippen LogP contribution is -2.54. The van der Waals surface area contributed by atoms with E-state index in [1.54, 1.807) is 0 Å². The molecule has 2 aliphatic heterocycles. The Labute approximate surface area is 213 Å². The van der Waals surface area contributed by atoms with Crippen LogP contribution in [0.5, 0.6) is 0 Å². The van der Waals surface area contributed by atoms with Gasteiger partial charge in [-0.25, -0.2) is 0 Å². The summed E-state index contributed by atoms with van der Waals surface area (Å²) in [5, 5.41) is 0.111. The molecule has 0 radical (unpaired) electrons. The molecule has 190 valence electrons. The molecule has 0 bridgehead atoms. The predicted molar refractivity (Wildman–Crippen MR) is 146 cm³/mol. The molecule has 2 saturated heterocycles. The van der Waals surface area contributed by atoms with E-state index in [0.717, 1.165) is 13.0 Å². The zero-order valence-electron chi connectivity index (χ0n) is 22.5. The highest BCUT2D eigenvalue weighted by atomic mass is 28.4. The Hall–Kier alpha value is -1.76. The molecule has 0 spiro atoms. The summed E-state index contributed by atoms with van der Waals surface area (Å²) < 4.78 is 20.2. The van der Waals surface area contributed by atoms with Gasteiger partial charge >= 0.3 is 0 Å². The minimum Gasteiger partial charge on any atom is -0.412 e. The Kier molecular flexibility index (Phi) is 7.47. The van der Waals surface area contributed by atoms with Gasteiger partial charge in [-0.2, -0.15) is 0 Å². The molecule has 2 heterocycles. The highest BCUT2D eigenvalue weighted by Crippen LogP contribution is 2.46. The molecule has 2 fully saturated rings. The number of nitrogens with zero attached hydrogens (tertiary/aromatic N) is 1. The molecule has 0 saturated carbocycles. The Morgan fingerprint density at radius 3 is 2.06 bits per heavy atom. The summed E-state index contributed by atoms with van der Waals surface area (Å²) in [6.45, 7) is 20.5. The van der Waals surface area contributed by atoms with Gasteiger partial charge in [0, 0.05) is 6.54 Å². The van der Waals surface area contributed by atoms with E-state index >= 15 is 0 Å². The van der Waals surface area contributed by atoms with Crippen LogP contribution in [0.4, 0.5) is 0 Å². The largest absolute Gasteiger partial charge is 0.412 e. The molecule has 2 aliphatic rings. The van der Waals surface area contributed by atoms with Gasteiger partial charge in [0.25, 0.3) is 0 Å². The standard InChI is InChI=1S/C30H43NO3Si/c1-9-16-24(34-35(7,8)29(2,3)4)27-28-25(32-30(5,6)33-28)21-31(27)26(22-17-12-10-13-18-22)23-19-14-11-15-20-23/h9-15,17-20,24-28H,1,16,21H2,2-8H3/t24-,25+,27-,28+/m1/s1. The third-order valence-corrected chi connectivity index (χ3v) is 12.4. The molecule has 4 atom stereocenters. The number of fused-ring (bicyclic) bond motifs is 1. The SMILES string of the molecule is C=CC[C@@H](O[Si](C)(C)C(C)(C)C)[C@@H]1[C@H]2OC(C)(C)O[C@H]2CN1C(c1ccccc1)c1ccccc1. The van der Waals surface area contributed by atoms with Gasteiger partial charge in [-0.05, 0) is 49.5 Å². The minimum atomic E-state index is -2.05. The van der Waals surface area contributed by atoms with E-state index in [4.69, 9.17) is 13.9 Å². The van der Waals surface area contributed by atoms with Crippen LogP contribution in [-0.2, 0) is 13.9 Å². The summed E-state index contributed by atoms with van der Waals surface area (Å²) in [6.07, 6.45) is 2.69. The number of likely N-dealkylation sites (tertiary alicyclic amines) is 1. The lowest BCUT2D eigenvalue weighted by atomic mass is 9.94. The highest BCUT2D eigenvalue weighted by Gasteiger charge is 2.57. The number of hydrogen-bond donors (Lipinski definition) is 0. The van der Waals surface area contributed by atoms with Gasteiger partial charge in [0.05, 0.1) is 18.2 Å². The number of benzene rings is 2. The summed E-state index contributed by atoms with van der Waals surface area (Å²) >= 11 is 0. The zero-order valence-corrected chi connectivity index (χ0v) is 23.5. The maximum atomic E-state index is 7.15. The first-order chi connectivity index (χ1) is 16.4. The van der Waals surface area contributed by atoms with Crippen molar-refractivity contribution in [2.75, 3.05) is 6.54 Å². The molecule has 0 unspecified atom stereocenters.